The van der Waals surface area contributed by atoms with E-state index in [-0.39, 0.29) is 12.1 Å². The Morgan fingerprint density at radius 3 is 2.36 bits per heavy atom. The molecule has 0 aromatic carbocycles. The van der Waals surface area contributed by atoms with Crippen LogP contribution in [-0.4, -0.2) is 9.97 Å². The number of hydrogen-bond acceptors (Lipinski definition) is 3. The number of alkyl halides is 3. The summed E-state index contributed by atoms with van der Waals surface area (Å²) in [4.78, 5) is 8.01. The van der Waals surface area contributed by atoms with Crippen LogP contribution in [0.3, 0.4) is 0 Å². The summed E-state index contributed by atoms with van der Waals surface area (Å²) >= 11 is 0. The third-order valence-corrected chi connectivity index (χ3v) is 3.02. The molecule has 2 heterocycles. The Balaban J connectivity index is 0.00000116. The number of rotatable bonds is 3. The van der Waals surface area contributed by atoms with E-state index >= 15 is 0 Å². The predicted molar refractivity (Wildman–Crippen MR) is 81.6 cm³/mol. The Labute approximate surface area is 128 Å². The van der Waals surface area contributed by atoms with Crippen molar-refractivity contribution in [1.29, 1.82) is 0 Å². The van der Waals surface area contributed by atoms with Crippen molar-refractivity contribution in [3.05, 3.63) is 53.0 Å². The van der Waals surface area contributed by atoms with Gasteiger partial charge >= 0.3 is 6.18 Å². The van der Waals surface area contributed by atoms with Crippen LogP contribution in [0.1, 0.15) is 36.2 Å². The van der Waals surface area contributed by atoms with Crippen molar-refractivity contribution in [2.24, 2.45) is 0 Å². The lowest BCUT2D eigenvalue weighted by Gasteiger charge is -2.13. The maximum atomic E-state index is 12.8. The highest BCUT2D eigenvalue weighted by Gasteiger charge is 2.33. The first-order chi connectivity index (χ1) is 10.4. The SMILES string of the molecule is CC.Cc1ccc(NCc2cnccc2C(F)(F)F)nc1C. The molecule has 1 N–H and O–H groups in total. The molecule has 0 aliphatic heterocycles. The highest BCUT2D eigenvalue weighted by atomic mass is 19.4. The molecule has 0 saturated carbocycles. The van der Waals surface area contributed by atoms with Gasteiger partial charge in [-0.05, 0) is 31.5 Å². The number of anilines is 1. The average Bonchev–Trinajstić information content (AvgIpc) is 2.50. The first-order valence-corrected chi connectivity index (χ1v) is 7.06. The van der Waals surface area contributed by atoms with Crippen LogP contribution in [0.5, 0.6) is 0 Å². The second-order valence-corrected chi connectivity index (χ2v) is 4.48. The summed E-state index contributed by atoms with van der Waals surface area (Å²) in [5.74, 6) is 0.546. The lowest BCUT2D eigenvalue weighted by Crippen LogP contribution is -2.12. The summed E-state index contributed by atoms with van der Waals surface area (Å²) in [5, 5.41) is 2.89. The van der Waals surface area contributed by atoms with Gasteiger partial charge in [0.1, 0.15) is 5.82 Å². The van der Waals surface area contributed by atoms with Crippen LogP contribution in [0.4, 0.5) is 19.0 Å². The minimum Gasteiger partial charge on any atom is -0.366 e. The van der Waals surface area contributed by atoms with Crippen molar-refractivity contribution in [1.82, 2.24) is 9.97 Å². The molecule has 3 nitrogen and oxygen atoms in total. The zero-order chi connectivity index (χ0) is 16.8. The highest BCUT2D eigenvalue weighted by Crippen LogP contribution is 2.31. The lowest BCUT2D eigenvalue weighted by molar-refractivity contribution is -0.138. The smallest absolute Gasteiger partial charge is 0.366 e. The molecule has 0 aliphatic carbocycles. The number of halogens is 3. The molecule has 0 spiro atoms. The number of aromatic nitrogens is 2. The van der Waals surface area contributed by atoms with Crippen molar-refractivity contribution >= 4 is 5.82 Å². The Morgan fingerprint density at radius 1 is 1.09 bits per heavy atom. The van der Waals surface area contributed by atoms with Crippen LogP contribution in [0.15, 0.2) is 30.6 Å². The van der Waals surface area contributed by atoms with Crippen LogP contribution >= 0.6 is 0 Å². The number of pyridine rings is 2. The molecule has 0 radical (unpaired) electrons. The largest absolute Gasteiger partial charge is 0.416 e. The van der Waals surface area contributed by atoms with Gasteiger partial charge in [0.15, 0.2) is 0 Å². The number of nitrogens with zero attached hydrogens (tertiary/aromatic N) is 2. The molecular formula is C16H20F3N3. The topological polar surface area (TPSA) is 37.8 Å². The van der Waals surface area contributed by atoms with Gasteiger partial charge in [-0.1, -0.05) is 19.9 Å². The Morgan fingerprint density at radius 2 is 1.77 bits per heavy atom. The second-order valence-electron chi connectivity index (χ2n) is 4.48. The molecule has 2 aromatic heterocycles. The van der Waals surface area contributed by atoms with Gasteiger partial charge in [0.25, 0.3) is 0 Å². The van der Waals surface area contributed by atoms with Crippen LogP contribution in [-0.2, 0) is 12.7 Å². The van der Waals surface area contributed by atoms with Crippen molar-refractivity contribution in [2.45, 2.75) is 40.4 Å². The summed E-state index contributed by atoms with van der Waals surface area (Å²) in [6, 6.07) is 4.59. The van der Waals surface area contributed by atoms with E-state index in [0.29, 0.717) is 5.82 Å². The van der Waals surface area contributed by atoms with E-state index in [1.54, 1.807) is 6.07 Å². The minimum absolute atomic E-state index is 0.0260. The molecule has 0 amide bonds. The first-order valence-electron chi connectivity index (χ1n) is 7.06. The van der Waals surface area contributed by atoms with Gasteiger partial charge < -0.3 is 5.32 Å². The van der Waals surface area contributed by atoms with E-state index in [1.165, 1.54) is 6.20 Å². The molecule has 2 aromatic rings. The zero-order valence-electron chi connectivity index (χ0n) is 13.1. The monoisotopic (exact) mass is 311 g/mol. The molecular weight excluding hydrogens is 291 g/mol. The molecule has 0 aliphatic rings. The van der Waals surface area contributed by atoms with Gasteiger partial charge in [-0.15, -0.1) is 0 Å². The Bertz CT molecular complexity index is 610. The van der Waals surface area contributed by atoms with Gasteiger partial charge in [0, 0.05) is 30.2 Å². The summed E-state index contributed by atoms with van der Waals surface area (Å²) < 4.78 is 38.5. The molecule has 0 unspecified atom stereocenters. The van der Waals surface area contributed by atoms with E-state index < -0.39 is 11.7 Å². The van der Waals surface area contributed by atoms with Crippen molar-refractivity contribution < 1.29 is 13.2 Å². The fourth-order valence-corrected chi connectivity index (χ4v) is 1.76. The van der Waals surface area contributed by atoms with E-state index in [9.17, 15) is 13.2 Å². The summed E-state index contributed by atoms with van der Waals surface area (Å²) in [7, 11) is 0. The van der Waals surface area contributed by atoms with E-state index in [0.717, 1.165) is 23.5 Å². The number of hydrogen-bond donors (Lipinski definition) is 1. The van der Waals surface area contributed by atoms with Crippen LogP contribution in [0, 0.1) is 13.8 Å². The maximum Gasteiger partial charge on any atom is 0.416 e. The molecule has 0 bridgehead atoms. The molecule has 0 saturated heterocycles. The number of nitrogens with one attached hydrogen (secondary N) is 1. The predicted octanol–water partition coefficient (Wildman–Crippen LogP) is 4.75. The standard InChI is InChI=1S/C14H14F3N3.C2H6/c1-9-3-4-13(20-10(9)2)19-8-11-7-18-6-5-12(11)14(15,16)17;1-2/h3-7H,8H2,1-2H3,(H,19,20);1-2H3. The summed E-state index contributed by atoms with van der Waals surface area (Å²) in [6.07, 6.45) is -2.02. The van der Waals surface area contributed by atoms with Crippen LogP contribution in [0.25, 0.3) is 0 Å². The highest BCUT2D eigenvalue weighted by molar-refractivity contribution is 5.40. The third kappa shape index (κ3) is 4.72. The molecule has 0 atom stereocenters. The number of aryl methyl sites for hydroxylation is 2. The van der Waals surface area contributed by atoms with Gasteiger partial charge in [-0.3, -0.25) is 4.98 Å². The lowest BCUT2D eigenvalue weighted by atomic mass is 10.1. The Hall–Kier alpha value is -2.11. The quantitative estimate of drug-likeness (QED) is 0.889. The van der Waals surface area contributed by atoms with E-state index in [2.05, 4.69) is 15.3 Å². The molecule has 6 heteroatoms. The van der Waals surface area contributed by atoms with Gasteiger partial charge in [0.05, 0.1) is 5.56 Å². The molecule has 0 fully saturated rings. The van der Waals surface area contributed by atoms with E-state index in [1.807, 2.05) is 33.8 Å². The molecule has 2 rings (SSSR count). The van der Waals surface area contributed by atoms with Gasteiger partial charge in [-0.25, -0.2) is 4.98 Å². The summed E-state index contributed by atoms with van der Waals surface area (Å²) in [5.41, 5.74) is 1.30. The Kier molecular flexibility index (Phi) is 6.34. The fraction of sp³-hybridized carbons (Fsp3) is 0.375. The third-order valence-electron chi connectivity index (χ3n) is 3.02. The molecule has 120 valence electrons. The van der Waals surface area contributed by atoms with Crippen molar-refractivity contribution in [3.8, 4) is 0 Å². The van der Waals surface area contributed by atoms with Gasteiger partial charge in [0.2, 0.25) is 0 Å². The fourth-order valence-electron chi connectivity index (χ4n) is 1.76. The normalized spacial score (nSPS) is 10.7. The average molecular weight is 311 g/mol. The van der Waals surface area contributed by atoms with Crippen molar-refractivity contribution in [2.75, 3.05) is 5.32 Å². The van der Waals surface area contributed by atoms with Crippen LogP contribution < -0.4 is 5.32 Å². The van der Waals surface area contributed by atoms with E-state index in [4.69, 9.17) is 0 Å². The van der Waals surface area contributed by atoms with Crippen LogP contribution in [0.2, 0.25) is 0 Å². The minimum atomic E-state index is -4.38. The summed E-state index contributed by atoms with van der Waals surface area (Å²) in [6.45, 7) is 7.80. The second kappa shape index (κ2) is 7.77. The molecule has 22 heavy (non-hydrogen) atoms. The first kappa shape index (κ1) is 17.9. The zero-order valence-corrected chi connectivity index (χ0v) is 13.1. The maximum absolute atomic E-state index is 12.8. The van der Waals surface area contributed by atoms with Crippen molar-refractivity contribution in [3.63, 3.8) is 0 Å². The van der Waals surface area contributed by atoms with Gasteiger partial charge in [-0.2, -0.15) is 13.2 Å².